The fraction of sp³-hybridized carbons (Fsp3) is 0.900. The Bertz CT molecular complexity index is 158. The van der Waals surface area contributed by atoms with Crippen LogP contribution in [0.25, 0.3) is 0 Å². The van der Waals surface area contributed by atoms with Crippen LogP contribution < -0.4 is 11.1 Å². The van der Waals surface area contributed by atoms with Crippen molar-refractivity contribution in [3.8, 4) is 0 Å². The monoisotopic (exact) mass is 218 g/mol. The first kappa shape index (κ1) is 13.8. The molecule has 0 fully saturated rings. The lowest BCUT2D eigenvalue weighted by Gasteiger charge is -2.14. The Hall–Kier alpha value is -0.220. The molecule has 0 aromatic heterocycles. The van der Waals surface area contributed by atoms with Crippen LogP contribution in [0.15, 0.2) is 0 Å². The van der Waals surface area contributed by atoms with E-state index < -0.39 is 0 Å². The van der Waals surface area contributed by atoms with Gasteiger partial charge in [-0.05, 0) is 19.8 Å². The van der Waals surface area contributed by atoms with Gasteiger partial charge in [-0.1, -0.05) is 13.8 Å². The molecule has 0 aliphatic heterocycles. The summed E-state index contributed by atoms with van der Waals surface area (Å²) < 4.78 is 0. The zero-order valence-electron chi connectivity index (χ0n) is 9.38. The van der Waals surface area contributed by atoms with Crippen molar-refractivity contribution < 1.29 is 4.79 Å². The Morgan fingerprint density at radius 2 is 2.00 bits per heavy atom. The van der Waals surface area contributed by atoms with E-state index in [0.717, 1.165) is 18.6 Å². The zero-order chi connectivity index (χ0) is 11.0. The molecule has 3 nitrogen and oxygen atoms in total. The normalized spacial score (nSPS) is 12.9. The second-order valence-electron chi connectivity index (χ2n) is 3.57. The molecule has 3 N–H and O–H groups in total. The lowest BCUT2D eigenvalue weighted by atomic mass is 10.2. The van der Waals surface area contributed by atoms with E-state index >= 15 is 0 Å². The van der Waals surface area contributed by atoms with Crippen LogP contribution in [0.1, 0.15) is 33.6 Å². The van der Waals surface area contributed by atoms with Crippen molar-refractivity contribution in [3.05, 3.63) is 0 Å². The number of nitrogens with two attached hydrogens (primary N) is 1. The van der Waals surface area contributed by atoms with Gasteiger partial charge in [0, 0.05) is 17.8 Å². The average molecular weight is 218 g/mol. The summed E-state index contributed by atoms with van der Waals surface area (Å²) in [5.74, 6) is 1.50. The summed E-state index contributed by atoms with van der Waals surface area (Å²) in [5.41, 5.74) is 5.58. The Morgan fingerprint density at radius 1 is 1.43 bits per heavy atom. The summed E-state index contributed by atoms with van der Waals surface area (Å²) in [6, 6.07) is 0.499. The number of thioether (sulfide) groups is 1. The molecule has 84 valence electrons. The van der Waals surface area contributed by atoms with Gasteiger partial charge in [-0.3, -0.25) is 4.79 Å². The van der Waals surface area contributed by atoms with Crippen molar-refractivity contribution >= 4 is 17.7 Å². The molecular weight excluding hydrogens is 196 g/mol. The molecule has 14 heavy (non-hydrogen) atoms. The van der Waals surface area contributed by atoms with E-state index in [1.807, 2.05) is 6.92 Å². The highest BCUT2D eigenvalue weighted by Crippen LogP contribution is 2.02. The van der Waals surface area contributed by atoms with E-state index in [0.29, 0.717) is 11.8 Å². The number of hydrogen-bond acceptors (Lipinski definition) is 3. The molecule has 0 aliphatic carbocycles. The van der Waals surface area contributed by atoms with Crippen LogP contribution in [0.5, 0.6) is 0 Å². The quantitative estimate of drug-likeness (QED) is 0.678. The fourth-order valence-corrected chi connectivity index (χ4v) is 1.86. The van der Waals surface area contributed by atoms with Gasteiger partial charge in [-0.2, -0.15) is 11.8 Å². The van der Waals surface area contributed by atoms with Gasteiger partial charge in [0.1, 0.15) is 0 Å². The summed E-state index contributed by atoms with van der Waals surface area (Å²) in [6.45, 7) is 6.12. The van der Waals surface area contributed by atoms with Crippen LogP contribution in [0.2, 0.25) is 0 Å². The molecule has 0 bridgehead atoms. The molecular formula is C10H22N2OS. The van der Waals surface area contributed by atoms with Crippen LogP contribution in [-0.2, 0) is 4.79 Å². The minimum atomic E-state index is 0.129. The Balaban J connectivity index is 3.54. The molecule has 0 saturated carbocycles. The predicted octanol–water partition coefficient (Wildman–Crippen LogP) is 1.37. The van der Waals surface area contributed by atoms with Gasteiger partial charge in [-0.15, -0.1) is 0 Å². The molecule has 1 atom stereocenters. The van der Waals surface area contributed by atoms with Gasteiger partial charge >= 0.3 is 0 Å². The number of amides is 1. The minimum absolute atomic E-state index is 0.129. The molecule has 0 saturated heterocycles. The summed E-state index contributed by atoms with van der Waals surface area (Å²) in [5, 5.41) is 2.99. The van der Waals surface area contributed by atoms with Crippen LogP contribution in [0, 0.1) is 0 Å². The lowest BCUT2D eigenvalue weighted by Crippen LogP contribution is -2.35. The molecule has 0 aromatic carbocycles. The number of carbonyl (C=O) groups excluding carboxylic acids is 1. The third-order valence-corrected chi connectivity index (χ3v) is 3.19. The molecule has 0 heterocycles. The van der Waals surface area contributed by atoms with Gasteiger partial charge in [-0.25, -0.2) is 0 Å². The van der Waals surface area contributed by atoms with Gasteiger partial charge in [0.25, 0.3) is 0 Å². The van der Waals surface area contributed by atoms with E-state index in [1.54, 1.807) is 11.8 Å². The van der Waals surface area contributed by atoms with Crippen molar-refractivity contribution in [1.29, 1.82) is 0 Å². The summed E-state index contributed by atoms with van der Waals surface area (Å²) in [4.78, 5) is 11.4. The van der Waals surface area contributed by atoms with Crippen LogP contribution in [0.4, 0.5) is 0 Å². The van der Waals surface area contributed by atoms with Gasteiger partial charge in [0.2, 0.25) is 5.91 Å². The second kappa shape index (κ2) is 8.12. The number of nitrogens with one attached hydrogen (secondary N) is 1. The number of carbonyl (C=O) groups is 1. The zero-order valence-corrected chi connectivity index (χ0v) is 10.2. The standard InChI is InChI=1S/C10H22N2OS/c1-4-9(5-2)12-10(13)7-14-6-8(3)11/h8-9H,4-7,11H2,1-3H3,(H,12,13). The van der Waals surface area contributed by atoms with Gasteiger partial charge in [0.15, 0.2) is 0 Å². The first-order valence-electron chi connectivity index (χ1n) is 5.22. The van der Waals surface area contributed by atoms with Crippen molar-refractivity contribution in [2.45, 2.75) is 45.7 Å². The van der Waals surface area contributed by atoms with Crippen molar-refractivity contribution in [3.63, 3.8) is 0 Å². The largest absolute Gasteiger partial charge is 0.353 e. The molecule has 0 radical (unpaired) electrons. The number of rotatable bonds is 7. The fourth-order valence-electron chi connectivity index (χ4n) is 1.10. The molecule has 0 aliphatic rings. The van der Waals surface area contributed by atoms with Crippen molar-refractivity contribution in [2.75, 3.05) is 11.5 Å². The summed E-state index contributed by atoms with van der Waals surface area (Å²) in [6.07, 6.45) is 2.00. The van der Waals surface area contributed by atoms with E-state index in [2.05, 4.69) is 19.2 Å². The summed E-state index contributed by atoms with van der Waals surface area (Å²) >= 11 is 1.60. The molecule has 4 heteroatoms. The SMILES string of the molecule is CCC(CC)NC(=O)CSCC(C)N. The first-order valence-corrected chi connectivity index (χ1v) is 6.38. The van der Waals surface area contributed by atoms with Gasteiger partial charge < -0.3 is 11.1 Å². The van der Waals surface area contributed by atoms with E-state index in [4.69, 9.17) is 5.73 Å². The van der Waals surface area contributed by atoms with Crippen LogP contribution in [-0.4, -0.2) is 29.5 Å². The van der Waals surface area contributed by atoms with E-state index in [-0.39, 0.29) is 11.9 Å². The maximum atomic E-state index is 11.4. The molecule has 1 unspecified atom stereocenters. The van der Waals surface area contributed by atoms with Crippen LogP contribution in [0.3, 0.4) is 0 Å². The van der Waals surface area contributed by atoms with Crippen LogP contribution >= 0.6 is 11.8 Å². The molecule has 0 aromatic rings. The second-order valence-corrected chi connectivity index (χ2v) is 4.60. The lowest BCUT2D eigenvalue weighted by molar-refractivity contribution is -0.119. The highest BCUT2D eigenvalue weighted by molar-refractivity contribution is 7.99. The smallest absolute Gasteiger partial charge is 0.230 e. The maximum absolute atomic E-state index is 11.4. The third-order valence-electron chi connectivity index (χ3n) is 1.96. The third kappa shape index (κ3) is 7.21. The van der Waals surface area contributed by atoms with Crippen molar-refractivity contribution in [1.82, 2.24) is 5.32 Å². The van der Waals surface area contributed by atoms with E-state index in [1.165, 1.54) is 0 Å². The summed E-state index contributed by atoms with van der Waals surface area (Å²) in [7, 11) is 0. The number of hydrogen-bond donors (Lipinski definition) is 2. The Morgan fingerprint density at radius 3 is 2.43 bits per heavy atom. The maximum Gasteiger partial charge on any atom is 0.230 e. The highest BCUT2D eigenvalue weighted by atomic mass is 32.2. The Labute approximate surface area is 91.2 Å². The molecule has 0 spiro atoms. The minimum Gasteiger partial charge on any atom is -0.353 e. The predicted molar refractivity (Wildman–Crippen MR) is 63.5 cm³/mol. The van der Waals surface area contributed by atoms with Crippen molar-refractivity contribution in [2.24, 2.45) is 5.73 Å². The van der Waals surface area contributed by atoms with E-state index in [9.17, 15) is 4.79 Å². The average Bonchev–Trinajstić information content (AvgIpc) is 2.13. The molecule has 0 rings (SSSR count). The topological polar surface area (TPSA) is 55.1 Å². The van der Waals surface area contributed by atoms with Gasteiger partial charge in [0.05, 0.1) is 5.75 Å². The molecule has 1 amide bonds. The Kier molecular flexibility index (Phi) is 7.99. The highest BCUT2D eigenvalue weighted by Gasteiger charge is 2.08. The first-order chi connectivity index (χ1) is 6.60.